The molecule has 3 rings (SSSR count). The Morgan fingerprint density at radius 1 is 1.29 bits per heavy atom. The van der Waals surface area contributed by atoms with Gasteiger partial charge in [-0.2, -0.15) is 5.01 Å². The first kappa shape index (κ1) is 15.5. The maximum Gasteiger partial charge on any atom is 0.433 e. The number of methoxy groups -OCH3 is 1. The van der Waals surface area contributed by atoms with E-state index >= 15 is 0 Å². The molecule has 0 N–H and O–H groups in total. The SMILES string of the molecule is COc1ccc(C2=NN(C(C)=O)C(c3ccc([N+](=O)[O-])o3)O2)cc1. The number of amides is 1. The van der Waals surface area contributed by atoms with Crippen LogP contribution in [0.3, 0.4) is 0 Å². The first-order valence-electron chi connectivity index (χ1n) is 6.93. The van der Waals surface area contributed by atoms with Crippen LogP contribution in [0.5, 0.6) is 5.75 Å². The number of rotatable bonds is 4. The van der Waals surface area contributed by atoms with Crippen molar-refractivity contribution in [2.45, 2.75) is 13.2 Å². The van der Waals surface area contributed by atoms with Crippen LogP contribution in [0.4, 0.5) is 5.88 Å². The Balaban J connectivity index is 1.89. The molecule has 1 aliphatic rings. The van der Waals surface area contributed by atoms with Gasteiger partial charge in [-0.1, -0.05) is 0 Å². The van der Waals surface area contributed by atoms with E-state index in [1.165, 1.54) is 19.1 Å². The molecule has 1 aromatic heterocycles. The van der Waals surface area contributed by atoms with E-state index in [4.69, 9.17) is 13.9 Å². The van der Waals surface area contributed by atoms with E-state index in [-0.39, 0.29) is 17.6 Å². The minimum atomic E-state index is -0.992. The Labute approximate surface area is 136 Å². The van der Waals surface area contributed by atoms with Crippen molar-refractivity contribution in [1.82, 2.24) is 5.01 Å². The van der Waals surface area contributed by atoms with E-state index in [1.807, 2.05) is 0 Å². The van der Waals surface area contributed by atoms with E-state index in [0.29, 0.717) is 11.3 Å². The van der Waals surface area contributed by atoms with Crippen LogP contribution in [0.15, 0.2) is 45.9 Å². The molecule has 0 saturated heterocycles. The van der Waals surface area contributed by atoms with Gasteiger partial charge in [0.1, 0.15) is 10.7 Å². The van der Waals surface area contributed by atoms with Gasteiger partial charge >= 0.3 is 5.88 Å². The Morgan fingerprint density at radius 3 is 2.54 bits per heavy atom. The number of carbonyl (C=O) groups is 1. The van der Waals surface area contributed by atoms with Gasteiger partial charge < -0.3 is 13.9 Å². The van der Waals surface area contributed by atoms with Crippen LogP contribution in [0, 0.1) is 10.1 Å². The Bertz CT molecular complexity index is 811. The summed E-state index contributed by atoms with van der Waals surface area (Å²) >= 11 is 0. The van der Waals surface area contributed by atoms with Gasteiger partial charge in [0.25, 0.3) is 6.23 Å². The minimum Gasteiger partial charge on any atom is -0.497 e. The van der Waals surface area contributed by atoms with Crippen molar-refractivity contribution in [2.75, 3.05) is 7.11 Å². The van der Waals surface area contributed by atoms with Crippen molar-refractivity contribution in [1.29, 1.82) is 0 Å². The van der Waals surface area contributed by atoms with Crippen LogP contribution in [0.1, 0.15) is 24.5 Å². The molecule has 0 bridgehead atoms. The summed E-state index contributed by atoms with van der Waals surface area (Å²) in [5.41, 5.74) is 0.630. The number of hydrazone groups is 1. The van der Waals surface area contributed by atoms with Gasteiger partial charge in [0.15, 0.2) is 5.76 Å². The lowest BCUT2D eigenvalue weighted by molar-refractivity contribution is -0.402. The smallest absolute Gasteiger partial charge is 0.433 e. The maximum absolute atomic E-state index is 11.8. The second-order valence-electron chi connectivity index (χ2n) is 4.90. The van der Waals surface area contributed by atoms with E-state index in [1.54, 1.807) is 31.4 Å². The molecular formula is C15H13N3O6. The zero-order valence-corrected chi connectivity index (χ0v) is 12.8. The zero-order chi connectivity index (χ0) is 17.3. The third-order valence-electron chi connectivity index (χ3n) is 3.34. The number of hydrogen-bond acceptors (Lipinski definition) is 7. The summed E-state index contributed by atoms with van der Waals surface area (Å²) in [6.07, 6.45) is -0.992. The average molecular weight is 331 g/mol. The normalized spacial score (nSPS) is 16.5. The topological polar surface area (TPSA) is 107 Å². The molecule has 1 amide bonds. The fourth-order valence-electron chi connectivity index (χ4n) is 2.18. The molecular weight excluding hydrogens is 318 g/mol. The van der Waals surface area contributed by atoms with Gasteiger partial charge in [-0.3, -0.25) is 14.9 Å². The summed E-state index contributed by atoms with van der Waals surface area (Å²) in [6.45, 7) is 1.31. The molecule has 9 nitrogen and oxygen atoms in total. The molecule has 1 unspecified atom stereocenters. The average Bonchev–Trinajstić information content (AvgIpc) is 3.21. The summed E-state index contributed by atoms with van der Waals surface area (Å²) in [6, 6.07) is 9.48. The van der Waals surface area contributed by atoms with Crippen molar-refractivity contribution < 1.29 is 23.6 Å². The largest absolute Gasteiger partial charge is 0.497 e. The number of nitrogens with zero attached hydrogens (tertiary/aromatic N) is 3. The second kappa shape index (κ2) is 6.03. The number of furan rings is 1. The lowest BCUT2D eigenvalue weighted by Crippen LogP contribution is -2.24. The van der Waals surface area contributed by atoms with E-state index in [0.717, 1.165) is 5.01 Å². The van der Waals surface area contributed by atoms with Crippen LogP contribution >= 0.6 is 0 Å². The highest BCUT2D eigenvalue weighted by Crippen LogP contribution is 2.33. The molecule has 9 heteroatoms. The second-order valence-corrected chi connectivity index (χ2v) is 4.90. The maximum atomic E-state index is 11.8. The number of nitro groups is 1. The number of carbonyl (C=O) groups excluding carboxylic acids is 1. The zero-order valence-electron chi connectivity index (χ0n) is 12.8. The van der Waals surface area contributed by atoms with Crippen LogP contribution in [0.25, 0.3) is 0 Å². The Morgan fingerprint density at radius 2 is 2.00 bits per heavy atom. The third-order valence-corrected chi connectivity index (χ3v) is 3.34. The summed E-state index contributed by atoms with van der Waals surface area (Å²) in [4.78, 5) is 21.9. The highest BCUT2D eigenvalue weighted by atomic mass is 16.7. The van der Waals surface area contributed by atoms with Crippen LogP contribution < -0.4 is 4.74 Å². The third kappa shape index (κ3) is 2.78. The summed E-state index contributed by atoms with van der Waals surface area (Å²) < 4.78 is 15.9. The molecule has 1 atom stereocenters. The molecule has 2 heterocycles. The van der Waals surface area contributed by atoms with Gasteiger partial charge in [0.05, 0.1) is 13.2 Å². The number of hydrogen-bond donors (Lipinski definition) is 0. The molecule has 24 heavy (non-hydrogen) atoms. The van der Waals surface area contributed by atoms with Crippen molar-refractivity contribution in [2.24, 2.45) is 5.10 Å². The fourth-order valence-corrected chi connectivity index (χ4v) is 2.18. The first-order valence-corrected chi connectivity index (χ1v) is 6.93. The Hall–Kier alpha value is -3.36. The van der Waals surface area contributed by atoms with E-state index in [9.17, 15) is 14.9 Å². The van der Waals surface area contributed by atoms with Crippen molar-refractivity contribution in [3.8, 4) is 5.75 Å². The van der Waals surface area contributed by atoms with Gasteiger partial charge in [0.2, 0.25) is 11.8 Å². The lowest BCUT2D eigenvalue weighted by atomic mass is 10.2. The van der Waals surface area contributed by atoms with Crippen LogP contribution in [-0.4, -0.2) is 28.8 Å². The molecule has 0 saturated carbocycles. The molecule has 0 fully saturated rings. The molecule has 0 radical (unpaired) electrons. The Kier molecular flexibility index (Phi) is 3.90. The first-order chi connectivity index (χ1) is 11.5. The van der Waals surface area contributed by atoms with Gasteiger partial charge in [0, 0.05) is 12.5 Å². The quantitative estimate of drug-likeness (QED) is 0.629. The highest BCUT2D eigenvalue weighted by Gasteiger charge is 2.36. The van der Waals surface area contributed by atoms with Crippen LogP contribution in [0.2, 0.25) is 0 Å². The highest BCUT2D eigenvalue weighted by molar-refractivity contribution is 5.96. The van der Waals surface area contributed by atoms with Crippen LogP contribution in [-0.2, 0) is 9.53 Å². The van der Waals surface area contributed by atoms with Crippen molar-refractivity contribution in [3.63, 3.8) is 0 Å². The van der Waals surface area contributed by atoms with Gasteiger partial charge in [-0.05, 0) is 30.3 Å². The van der Waals surface area contributed by atoms with Crippen molar-refractivity contribution in [3.05, 3.63) is 57.8 Å². The molecule has 1 aliphatic heterocycles. The monoisotopic (exact) mass is 331 g/mol. The van der Waals surface area contributed by atoms with Gasteiger partial charge in [-0.15, -0.1) is 5.10 Å². The standard InChI is InChI=1S/C15H13N3O6/c1-9(19)17-15(12-7-8-13(23-12)18(20)21)24-14(16-17)10-3-5-11(22-2)6-4-10/h3-8,15H,1-2H3. The predicted octanol–water partition coefficient (Wildman–Crippen LogP) is 2.44. The van der Waals surface area contributed by atoms with Gasteiger partial charge in [-0.25, -0.2) is 0 Å². The lowest BCUT2D eigenvalue weighted by Gasteiger charge is -2.16. The minimum absolute atomic E-state index is 0.115. The summed E-state index contributed by atoms with van der Waals surface area (Å²) in [5.74, 6) is 0.164. The predicted molar refractivity (Wildman–Crippen MR) is 81.2 cm³/mol. The summed E-state index contributed by atoms with van der Waals surface area (Å²) in [7, 11) is 1.55. The molecule has 0 aliphatic carbocycles. The van der Waals surface area contributed by atoms with E-state index in [2.05, 4.69) is 5.10 Å². The van der Waals surface area contributed by atoms with E-state index < -0.39 is 17.0 Å². The summed E-state index contributed by atoms with van der Waals surface area (Å²) in [5, 5.41) is 15.9. The molecule has 124 valence electrons. The number of ether oxygens (including phenoxy) is 2. The fraction of sp³-hybridized carbons (Fsp3) is 0.200. The molecule has 1 aromatic carbocycles. The van der Waals surface area contributed by atoms with Crippen molar-refractivity contribution >= 4 is 17.7 Å². The molecule has 0 spiro atoms. The molecule has 2 aromatic rings. The number of benzene rings is 1.